The van der Waals surface area contributed by atoms with Crippen LogP contribution in [0.1, 0.15) is 29.7 Å². The first kappa shape index (κ1) is 14.1. The van der Waals surface area contributed by atoms with Gasteiger partial charge in [0, 0.05) is 4.47 Å². The molecule has 2 aromatic carbocycles. The maximum atomic E-state index is 9.46. The molecule has 0 bridgehead atoms. The van der Waals surface area contributed by atoms with E-state index in [4.69, 9.17) is 4.74 Å². The second kappa shape index (κ2) is 5.76. The van der Waals surface area contributed by atoms with Crippen molar-refractivity contribution in [3.05, 3.63) is 57.6 Å². The number of hydrogen-bond donors (Lipinski definition) is 1. The van der Waals surface area contributed by atoms with Crippen molar-refractivity contribution in [3.8, 4) is 11.5 Å². The van der Waals surface area contributed by atoms with Crippen LogP contribution in [0.25, 0.3) is 0 Å². The van der Waals surface area contributed by atoms with Crippen LogP contribution in [0.5, 0.6) is 11.5 Å². The summed E-state index contributed by atoms with van der Waals surface area (Å²) in [4.78, 5) is 0. The number of aliphatic hydroxyl groups is 1. The highest BCUT2D eigenvalue weighted by atomic mass is 79.9. The molecule has 0 aromatic heterocycles. The summed E-state index contributed by atoms with van der Waals surface area (Å²) in [5.74, 6) is 1.59. The number of hydrogen-bond acceptors (Lipinski definition) is 2. The fraction of sp³-hybridized carbons (Fsp3) is 0.250. The quantitative estimate of drug-likeness (QED) is 0.870. The van der Waals surface area contributed by atoms with Crippen molar-refractivity contribution in [2.75, 3.05) is 0 Å². The summed E-state index contributed by atoms with van der Waals surface area (Å²) >= 11 is 3.54. The summed E-state index contributed by atoms with van der Waals surface area (Å²) in [6.07, 6.45) is -0.453. The van der Waals surface area contributed by atoms with Gasteiger partial charge in [0.1, 0.15) is 11.5 Å². The number of rotatable bonds is 3. The number of aliphatic hydroxyl groups excluding tert-OH is 1. The van der Waals surface area contributed by atoms with E-state index in [-0.39, 0.29) is 0 Å². The number of halogens is 1. The van der Waals surface area contributed by atoms with Crippen LogP contribution < -0.4 is 4.74 Å². The third-order valence-electron chi connectivity index (χ3n) is 3.01. The van der Waals surface area contributed by atoms with E-state index < -0.39 is 6.10 Å². The molecule has 2 rings (SSSR count). The molecule has 0 unspecified atom stereocenters. The molecule has 0 amide bonds. The zero-order chi connectivity index (χ0) is 14.0. The van der Waals surface area contributed by atoms with Crippen LogP contribution in [0.2, 0.25) is 0 Å². The summed E-state index contributed by atoms with van der Waals surface area (Å²) in [5, 5.41) is 9.46. The molecule has 0 aliphatic heterocycles. The molecule has 0 saturated heterocycles. The summed E-state index contributed by atoms with van der Waals surface area (Å²) in [6.45, 7) is 5.83. The number of benzene rings is 2. The van der Waals surface area contributed by atoms with Crippen molar-refractivity contribution in [3.63, 3.8) is 0 Å². The predicted octanol–water partition coefficient (Wildman–Crippen LogP) is 4.91. The number of ether oxygens (including phenoxy) is 1. The molecule has 2 aromatic rings. The van der Waals surface area contributed by atoms with Crippen LogP contribution in [0.4, 0.5) is 0 Å². The highest BCUT2D eigenvalue weighted by molar-refractivity contribution is 9.10. The molecule has 3 heteroatoms. The molecule has 100 valence electrons. The average Bonchev–Trinajstić information content (AvgIpc) is 2.36. The van der Waals surface area contributed by atoms with Crippen molar-refractivity contribution in [1.82, 2.24) is 0 Å². The second-order valence-electron chi connectivity index (χ2n) is 4.72. The van der Waals surface area contributed by atoms with Gasteiger partial charge >= 0.3 is 0 Å². The van der Waals surface area contributed by atoms with Crippen LogP contribution >= 0.6 is 15.9 Å². The van der Waals surface area contributed by atoms with Gasteiger partial charge in [0.05, 0.1) is 6.10 Å². The maximum Gasteiger partial charge on any atom is 0.128 e. The van der Waals surface area contributed by atoms with Crippen LogP contribution in [-0.2, 0) is 0 Å². The van der Waals surface area contributed by atoms with E-state index in [1.807, 2.05) is 50.2 Å². The van der Waals surface area contributed by atoms with Crippen molar-refractivity contribution in [2.24, 2.45) is 0 Å². The Labute approximate surface area is 122 Å². The van der Waals surface area contributed by atoms with Crippen LogP contribution in [0.15, 0.2) is 40.9 Å². The molecule has 1 N–H and O–H groups in total. The van der Waals surface area contributed by atoms with Gasteiger partial charge in [-0.25, -0.2) is 0 Å². The topological polar surface area (TPSA) is 29.5 Å². The van der Waals surface area contributed by atoms with Crippen LogP contribution in [0.3, 0.4) is 0 Å². The monoisotopic (exact) mass is 320 g/mol. The lowest BCUT2D eigenvalue weighted by Crippen LogP contribution is -1.91. The molecular weight excluding hydrogens is 304 g/mol. The fourth-order valence-corrected chi connectivity index (χ4v) is 2.14. The Bertz CT molecular complexity index is 551. The van der Waals surface area contributed by atoms with Crippen molar-refractivity contribution in [1.29, 1.82) is 0 Å². The molecule has 0 radical (unpaired) electrons. The smallest absolute Gasteiger partial charge is 0.128 e. The Hall–Kier alpha value is -1.32. The van der Waals surface area contributed by atoms with Gasteiger partial charge in [0.2, 0.25) is 0 Å². The van der Waals surface area contributed by atoms with Crippen LogP contribution in [0, 0.1) is 13.8 Å². The van der Waals surface area contributed by atoms with E-state index in [2.05, 4.69) is 15.9 Å². The van der Waals surface area contributed by atoms with E-state index in [1.165, 1.54) is 0 Å². The van der Waals surface area contributed by atoms with Gasteiger partial charge in [-0.1, -0.05) is 28.1 Å². The second-order valence-corrected chi connectivity index (χ2v) is 5.51. The van der Waals surface area contributed by atoms with Gasteiger partial charge in [-0.05, 0) is 61.7 Å². The lowest BCUT2D eigenvalue weighted by Gasteiger charge is -2.11. The molecule has 19 heavy (non-hydrogen) atoms. The Kier molecular flexibility index (Phi) is 4.27. The van der Waals surface area contributed by atoms with Gasteiger partial charge in [-0.15, -0.1) is 0 Å². The first-order valence-corrected chi connectivity index (χ1v) is 6.99. The molecule has 0 saturated carbocycles. The van der Waals surface area contributed by atoms with E-state index >= 15 is 0 Å². The summed E-state index contributed by atoms with van der Waals surface area (Å²) < 4.78 is 6.94. The lowest BCUT2D eigenvalue weighted by molar-refractivity contribution is 0.199. The van der Waals surface area contributed by atoms with Crippen LogP contribution in [-0.4, -0.2) is 5.11 Å². The maximum absolute atomic E-state index is 9.46. The van der Waals surface area contributed by atoms with Gasteiger partial charge in [0.15, 0.2) is 0 Å². The Morgan fingerprint density at radius 3 is 2.00 bits per heavy atom. The molecule has 0 aliphatic rings. The van der Waals surface area contributed by atoms with Gasteiger partial charge < -0.3 is 9.84 Å². The zero-order valence-electron chi connectivity index (χ0n) is 11.3. The zero-order valence-corrected chi connectivity index (χ0v) is 12.9. The molecule has 0 spiro atoms. The average molecular weight is 321 g/mol. The minimum atomic E-state index is -0.453. The molecule has 1 atom stereocenters. The summed E-state index contributed by atoms with van der Waals surface area (Å²) in [7, 11) is 0. The first-order valence-electron chi connectivity index (χ1n) is 6.20. The molecule has 2 nitrogen and oxygen atoms in total. The SMILES string of the molecule is Cc1cc(Oc2ccc([C@H](C)O)cc2)cc(C)c1Br. The van der Waals surface area contributed by atoms with Gasteiger partial charge in [-0.3, -0.25) is 0 Å². The highest BCUT2D eigenvalue weighted by Gasteiger charge is 2.05. The molecule has 0 fully saturated rings. The third kappa shape index (κ3) is 3.37. The Morgan fingerprint density at radius 2 is 1.53 bits per heavy atom. The van der Waals surface area contributed by atoms with E-state index in [0.29, 0.717) is 0 Å². The molecule has 0 aliphatic carbocycles. The summed E-state index contributed by atoms with van der Waals surface area (Å²) in [6, 6.07) is 11.5. The normalized spacial score (nSPS) is 12.3. The first-order chi connectivity index (χ1) is 8.97. The summed E-state index contributed by atoms with van der Waals surface area (Å²) in [5.41, 5.74) is 3.18. The van der Waals surface area contributed by atoms with Gasteiger partial charge in [-0.2, -0.15) is 0 Å². The Balaban J connectivity index is 2.21. The fourth-order valence-electron chi connectivity index (χ4n) is 1.92. The highest BCUT2D eigenvalue weighted by Crippen LogP contribution is 2.29. The van der Waals surface area contributed by atoms with Crippen molar-refractivity contribution in [2.45, 2.75) is 26.9 Å². The lowest BCUT2D eigenvalue weighted by atomic mass is 10.1. The minimum Gasteiger partial charge on any atom is -0.457 e. The number of aryl methyl sites for hydroxylation is 2. The van der Waals surface area contributed by atoms with Crippen molar-refractivity contribution >= 4 is 15.9 Å². The van der Waals surface area contributed by atoms with E-state index in [0.717, 1.165) is 32.7 Å². The van der Waals surface area contributed by atoms with E-state index in [9.17, 15) is 5.11 Å². The minimum absolute atomic E-state index is 0.453. The van der Waals surface area contributed by atoms with E-state index in [1.54, 1.807) is 6.92 Å². The molecular formula is C16H17BrO2. The standard InChI is InChI=1S/C16H17BrO2/c1-10-8-15(9-11(2)16(10)17)19-14-6-4-13(5-7-14)12(3)18/h4-9,12,18H,1-3H3/t12-/m0/s1. The van der Waals surface area contributed by atoms with Crippen molar-refractivity contribution < 1.29 is 9.84 Å². The predicted molar refractivity (Wildman–Crippen MR) is 80.8 cm³/mol. The molecule has 0 heterocycles. The third-order valence-corrected chi connectivity index (χ3v) is 4.26. The van der Waals surface area contributed by atoms with Gasteiger partial charge in [0.25, 0.3) is 0 Å². The Morgan fingerprint density at radius 1 is 1.00 bits per heavy atom. The largest absolute Gasteiger partial charge is 0.457 e.